The monoisotopic (exact) mass is 249 g/mol. The predicted molar refractivity (Wildman–Crippen MR) is 71.9 cm³/mol. The van der Waals surface area contributed by atoms with E-state index in [-0.39, 0.29) is 5.91 Å². The van der Waals surface area contributed by atoms with Crippen molar-refractivity contribution >= 4 is 17.3 Å². The number of piperazine rings is 1. The lowest BCUT2D eigenvalue weighted by Crippen LogP contribution is -2.47. The van der Waals surface area contributed by atoms with Gasteiger partial charge >= 0.3 is 0 Å². The van der Waals surface area contributed by atoms with Crippen molar-refractivity contribution in [2.24, 2.45) is 0 Å². The Kier molecular flexibility index (Phi) is 3.92. The molecule has 1 aromatic carbocycles. The summed E-state index contributed by atoms with van der Waals surface area (Å²) >= 11 is 0. The van der Waals surface area contributed by atoms with E-state index in [1.807, 2.05) is 23.1 Å². The van der Waals surface area contributed by atoms with Crippen molar-refractivity contribution in [3.8, 4) is 5.75 Å². The quantitative estimate of drug-likeness (QED) is 0.781. The molecular weight excluding hydrogens is 230 g/mol. The van der Waals surface area contributed by atoms with Gasteiger partial charge in [0, 0.05) is 13.1 Å². The lowest BCUT2D eigenvalue weighted by Gasteiger charge is -2.30. The summed E-state index contributed by atoms with van der Waals surface area (Å²) < 4.78 is 5.59. The Labute approximate surface area is 107 Å². The van der Waals surface area contributed by atoms with Crippen LogP contribution in [0.1, 0.15) is 13.3 Å². The third kappa shape index (κ3) is 2.67. The van der Waals surface area contributed by atoms with E-state index in [0.717, 1.165) is 18.7 Å². The number of hydrogen-bond donors (Lipinski definition) is 2. The fourth-order valence-electron chi connectivity index (χ4n) is 1.99. The third-order valence-corrected chi connectivity index (χ3v) is 2.88. The minimum absolute atomic E-state index is 0.0283. The number of amides is 1. The van der Waals surface area contributed by atoms with E-state index in [4.69, 9.17) is 10.5 Å². The highest BCUT2D eigenvalue weighted by atomic mass is 16.5. The Morgan fingerprint density at radius 1 is 1.50 bits per heavy atom. The van der Waals surface area contributed by atoms with E-state index in [0.29, 0.717) is 31.1 Å². The summed E-state index contributed by atoms with van der Waals surface area (Å²) in [7, 11) is 0. The van der Waals surface area contributed by atoms with Crippen molar-refractivity contribution in [3.63, 3.8) is 0 Å². The van der Waals surface area contributed by atoms with E-state index >= 15 is 0 Å². The molecule has 5 nitrogen and oxygen atoms in total. The maximum absolute atomic E-state index is 11.4. The molecule has 1 aromatic rings. The van der Waals surface area contributed by atoms with Gasteiger partial charge in [0.2, 0.25) is 5.91 Å². The second-order valence-corrected chi connectivity index (χ2v) is 4.31. The molecular formula is C13H19N3O2. The van der Waals surface area contributed by atoms with Crippen molar-refractivity contribution in [1.29, 1.82) is 0 Å². The van der Waals surface area contributed by atoms with Crippen molar-refractivity contribution in [2.75, 3.05) is 36.9 Å². The van der Waals surface area contributed by atoms with Crippen LogP contribution in [-0.2, 0) is 4.79 Å². The lowest BCUT2D eigenvalue weighted by molar-refractivity contribution is -0.120. The van der Waals surface area contributed by atoms with Gasteiger partial charge in [0.15, 0.2) is 0 Å². The molecule has 18 heavy (non-hydrogen) atoms. The molecule has 1 fully saturated rings. The van der Waals surface area contributed by atoms with E-state index in [9.17, 15) is 4.79 Å². The number of nitrogen functional groups attached to an aromatic ring is 1. The summed E-state index contributed by atoms with van der Waals surface area (Å²) in [6.45, 7) is 4.47. The molecule has 1 saturated heterocycles. The zero-order valence-corrected chi connectivity index (χ0v) is 10.6. The Hall–Kier alpha value is -1.91. The first kappa shape index (κ1) is 12.5. The fourth-order valence-corrected chi connectivity index (χ4v) is 1.99. The second-order valence-electron chi connectivity index (χ2n) is 4.31. The van der Waals surface area contributed by atoms with Crippen LogP contribution in [0.3, 0.4) is 0 Å². The number of benzene rings is 1. The summed E-state index contributed by atoms with van der Waals surface area (Å²) in [6.07, 6.45) is 0.940. The van der Waals surface area contributed by atoms with E-state index in [1.165, 1.54) is 0 Å². The molecule has 2 rings (SSSR count). The van der Waals surface area contributed by atoms with Gasteiger partial charge in [-0.25, -0.2) is 0 Å². The zero-order chi connectivity index (χ0) is 13.0. The molecule has 1 amide bonds. The van der Waals surface area contributed by atoms with Gasteiger partial charge in [-0.15, -0.1) is 0 Å². The van der Waals surface area contributed by atoms with Crippen molar-refractivity contribution in [3.05, 3.63) is 18.2 Å². The van der Waals surface area contributed by atoms with Crippen LogP contribution < -0.4 is 20.7 Å². The van der Waals surface area contributed by atoms with Gasteiger partial charge in [0.25, 0.3) is 0 Å². The van der Waals surface area contributed by atoms with Crippen molar-refractivity contribution in [2.45, 2.75) is 13.3 Å². The summed E-state index contributed by atoms with van der Waals surface area (Å²) in [5.74, 6) is 0.723. The summed E-state index contributed by atoms with van der Waals surface area (Å²) in [5.41, 5.74) is 7.59. The smallest absolute Gasteiger partial charge is 0.239 e. The minimum Gasteiger partial charge on any atom is -0.491 e. The molecule has 0 bridgehead atoms. The van der Waals surface area contributed by atoms with Gasteiger partial charge in [-0.2, -0.15) is 0 Å². The molecule has 3 N–H and O–H groups in total. The van der Waals surface area contributed by atoms with Crippen LogP contribution in [-0.4, -0.2) is 32.1 Å². The van der Waals surface area contributed by atoms with Gasteiger partial charge < -0.3 is 20.7 Å². The van der Waals surface area contributed by atoms with Gasteiger partial charge in [-0.1, -0.05) is 13.0 Å². The summed E-state index contributed by atoms with van der Waals surface area (Å²) in [4.78, 5) is 13.4. The molecule has 0 atom stereocenters. The Morgan fingerprint density at radius 2 is 2.33 bits per heavy atom. The second kappa shape index (κ2) is 5.62. The molecule has 0 unspecified atom stereocenters. The van der Waals surface area contributed by atoms with Gasteiger partial charge in [0.1, 0.15) is 5.75 Å². The van der Waals surface area contributed by atoms with Crippen LogP contribution in [0.5, 0.6) is 5.75 Å². The van der Waals surface area contributed by atoms with Gasteiger partial charge in [-0.05, 0) is 18.6 Å². The molecule has 1 aliphatic heterocycles. The molecule has 0 spiro atoms. The first-order valence-electron chi connectivity index (χ1n) is 6.25. The normalized spacial score (nSPS) is 15.4. The van der Waals surface area contributed by atoms with E-state index in [1.54, 1.807) is 0 Å². The number of rotatable bonds is 4. The summed E-state index contributed by atoms with van der Waals surface area (Å²) in [5, 5.41) is 2.80. The molecule has 0 aromatic heterocycles. The van der Waals surface area contributed by atoms with Crippen molar-refractivity contribution in [1.82, 2.24) is 5.32 Å². The molecule has 1 aliphatic rings. The summed E-state index contributed by atoms with van der Waals surface area (Å²) in [6, 6.07) is 5.69. The average molecular weight is 249 g/mol. The van der Waals surface area contributed by atoms with E-state index in [2.05, 4.69) is 12.2 Å². The molecule has 98 valence electrons. The average Bonchev–Trinajstić information content (AvgIpc) is 2.37. The van der Waals surface area contributed by atoms with Gasteiger partial charge in [-0.3, -0.25) is 4.79 Å². The molecule has 1 heterocycles. The topological polar surface area (TPSA) is 67.6 Å². The van der Waals surface area contributed by atoms with Crippen LogP contribution in [0.2, 0.25) is 0 Å². The minimum atomic E-state index is 0.0283. The third-order valence-electron chi connectivity index (χ3n) is 2.88. The number of nitrogens with zero attached hydrogens (tertiary/aromatic N) is 1. The highest BCUT2D eigenvalue weighted by Gasteiger charge is 2.19. The molecule has 0 aliphatic carbocycles. The standard InChI is InChI=1S/C13H19N3O2/c1-2-8-18-11-5-3-4-10(13(11)14)16-7-6-15-12(17)9-16/h3-5H,2,6-9,14H2,1H3,(H,15,17). The Bertz CT molecular complexity index is 434. The highest BCUT2D eigenvalue weighted by Crippen LogP contribution is 2.32. The molecule has 0 saturated carbocycles. The predicted octanol–water partition coefficient (Wildman–Crippen LogP) is 0.994. The number of carbonyl (C=O) groups excluding carboxylic acids is 1. The number of ether oxygens (including phenoxy) is 1. The number of carbonyl (C=O) groups is 1. The number of nitrogens with one attached hydrogen (secondary N) is 1. The maximum atomic E-state index is 11.4. The Balaban J connectivity index is 2.19. The maximum Gasteiger partial charge on any atom is 0.239 e. The first-order chi connectivity index (χ1) is 8.72. The van der Waals surface area contributed by atoms with E-state index < -0.39 is 0 Å². The molecule has 5 heteroatoms. The van der Waals surface area contributed by atoms with Crippen LogP contribution >= 0.6 is 0 Å². The largest absolute Gasteiger partial charge is 0.491 e. The Morgan fingerprint density at radius 3 is 3.06 bits per heavy atom. The van der Waals surface area contributed by atoms with Gasteiger partial charge in [0.05, 0.1) is 24.5 Å². The highest BCUT2D eigenvalue weighted by molar-refractivity contribution is 5.85. The lowest BCUT2D eigenvalue weighted by atomic mass is 10.2. The van der Waals surface area contributed by atoms with Crippen molar-refractivity contribution < 1.29 is 9.53 Å². The zero-order valence-electron chi connectivity index (χ0n) is 10.6. The number of para-hydroxylation sites is 1. The number of anilines is 2. The van der Waals surface area contributed by atoms with Crippen LogP contribution in [0.15, 0.2) is 18.2 Å². The number of nitrogens with two attached hydrogens (primary N) is 1. The SMILES string of the molecule is CCCOc1cccc(N2CCNC(=O)C2)c1N. The van der Waals surface area contributed by atoms with Crippen LogP contribution in [0.4, 0.5) is 11.4 Å². The fraction of sp³-hybridized carbons (Fsp3) is 0.462. The first-order valence-corrected chi connectivity index (χ1v) is 6.25. The van der Waals surface area contributed by atoms with Crippen LogP contribution in [0.25, 0.3) is 0 Å². The van der Waals surface area contributed by atoms with Crippen LogP contribution in [0, 0.1) is 0 Å². The number of hydrogen-bond acceptors (Lipinski definition) is 4. The molecule has 0 radical (unpaired) electrons.